The number of hydrogen-bond acceptors (Lipinski definition) is 4. The van der Waals surface area contributed by atoms with Gasteiger partial charge in [0, 0.05) is 5.69 Å². The highest BCUT2D eigenvalue weighted by atomic mass is 32.2. The van der Waals surface area contributed by atoms with Crippen molar-refractivity contribution in [1.82, 2.24) is 0 Å². The molecule has 0 aliphatic heterocycles. The van der Waals surface area contributed by atoms with Crippen molar-refractivity contribution in [3.8, 4) is 6.07 Å². The Morgan fingerprint density at radius 3 is 2.70 bits per heavy atom. The molecule has 1 aromatic heterocycles. The summed E-state index contributed by atoms with van der Waals surface area (Å²) in [6.07, 6.45) is 1.61. The first-order chi connectivity index (χ1) is 9.81. The van der Waals surface area contributed by atoms with Gasteiger partial charge in [-0.25, -0.2) is 0 Å². The number of carbonyl (C=O) groups is 1. The van der Waals surface area contributed by atoms with Crippen molar-refractivity contribution in [3.63, 3.8) is 0 Å². The Balaban J connectivity index is 1.92. The molecule has 0 spiro atoms. The highest BCUT2D eigenvalue weighted by Crippen LogP contribution is 2.17. The van der Waals surface area contributed by atoms with E-state index in [-0.39, 0.29) is 12.5 Å². The molecule has 5 heteroatoms. The summed E-state index contributed by atoms with van der Waals surface area (Å²) in [6, 6.07) is 15.0. The third-order valence-electron chi connectivity index (χ3n) is 2.65. The minimum absolute atomic E-state index is 0.0597. The lowest BCUT2D eigenvalue weighted by atomic mass is 10.3. The largest absolute Gasteiger partial charge is 0.468 e. The zero-order valence-electron chi connectivity index (χ0n) is 10.9. The van der Waals surface area contributed by atoms with Gasteiger partial charge in [-0.05, 0) is 24.3 Å². The number of amides is 1. The number of nitriles is 1. The van der Waals surface area contributed by atoms with Crippen molar-refractivity contribution >= 4 is 23.4 Å². The van der Waals surface area contributed by atoms with Crippen LogP contribution in [0.15, 0.2) is 53.1 Å². The first kappa shape index (κ1) is 14.2. The molecule has 0 N–H and O–H groups in total. The zero-order chi connectivity index (χ0) is 14.2. The van der Waals surface area contributed by atoms with E-state index in [2.05, 4.69) is 0 Å². The van der Waals surface area contributed by atoms with Crippen molar-refractivity contribution in [2.45, 2.75) is 5.75 Å². The predicted octanol–water partition coefficient (Wildman–Crippen LogP) is 3.07. The van der Waals surface area contributed by atoms with Gasteiger partial charge in [0.05, 0.1) is 23.8 Å². The lowest BCUT2D eigenvalue weighted by Gasteiger charge is -2.19. The van der Waals surface area contributed by atoms with Gasteiger partial charge in [0.2, 0.25) is 5.91 Å². The van der Waals surface area contributed by atoms with Crippen LogP contribution >= 0.6 is 11.8 Å². The molecule has 0 aliphatic carbocycles. The number of thioether (sulfide) groups is 1. The Bertz CT molecular complexity index is 576. The van der Waals surface area contributed by atoms with E-state index in [1.165, 1.54) is 16.7 Å². The molecule has 102 valence electrons. The SMILES string of the molecule is N#CCN(C(=O)CSCc1ccco1)c1ccccc1. The van der Waals surface area contributed by atoms with E-state index >= 15 is 0 Å². The van der Waals surface area contributed by atoms with Crippen LogP contribution in [0.25, 0.3) is 0 Å². The van der Waals surface area contributed by atoms with Crippen LogP contribution < -0.4 is 4.90 Å². The Hall–Kier alpha value is -2.19. The number of rotatable bonds is 6. The molecule has 1 aromatic carbocycles. The van der Waals surface area contributed by atoms with Gasteiger partial charge in [0.25, 0.3) is 0 Å². The van der Waals surface area contributed by atoms with E-state index in [0.717, 1.165) is 11.4 Å². The summed E-state index contributed by atoms with van der Waals surface area (Å²) in [7, 11) is 0. The summed E-state index contributed by atoms with van der Waals surface area (Å²) >= 11 is 1.47. The number of carbonyl (C=O) groups excluding carboxylic acids is 1. The fraction of sp³-hybridized carbons (Fsp3) is 0.200. The van der Waals surface area contributed by atoms with Gasteiger partial charge in [0.1, 0.15) is 12.3 Å². The molecule has 0 aliphatic rings. The van der Waals surface area contributed by atoms with Crippen molar-refractivity contribution in [2.24, 2.45) is 0 Å². The number of para-hydroxylation sites is 1. The second kappa shape index (κ2) is 7.41. The Labute approximate surface area is 122 Å². The first-order valence-electron chi connectivity index (χ1n) is 6.14. The smallest absolute Gasteiger partial charge is 0.237 e. The summed E-state index contributed by atoms with van der Waals surface area (Å²) in [5.74, 6) is 1.73. The maximum atomic E-state index is 12.2. The molecule has 0 saturated heterocycles. The van der Waals surface area contributed by atoms with Crippen molar-refractivity contribution in [3.05, 3.63) is 54.5 Å². The van der Waals surface area contributed by atoms with Crippen LogP contribution in [0, 0.1) is 11.3 Å². The fourth-order valence-electron chi connectivity index (χ4n) is 1.71. The van der Waals surface area contributed by atoms with Crippen molar-refractivity contribution in [2.75, 3.05) is 17.2 Å². The van der Waals surface area contributed by atoms with Crippen LogP contribution in [0.2, 0.25) is 0 Å². The molecule has 20 heavy (non-hydrogen) atoms. The van der Waals surface area contributed by atoms with Gasteiger partial charge in [-0.1, -0.05) is 18.2 Å². The molecule has 0 radical (unpaired) electrons. The van der Waals surface area contributed by atoms with Gasteiger partial charge in [0.15, 0.2) is 0 Å². The second-order valence-electron chi connectivity index (χ2n) is 4.05. The van der Waals surface area contributed by atoms with E-state index in [9.17, 15) is 4.79 Å². The molecular weight excluding hydrogens is 272 g/mol. The van der Waals surface area contributed by atoms with Crippen molar-refractivity contribution in [1.29, 1.82) is 5.26 Å². The number of anilines is 1. The van der Waals surface area contributed by atoms with Crippen LogP contribution in [-0.2, 0) is 10.5 Å². The number of hydrogen-bond donors (Lipinski definition) is 0. The summed E-state index contributed by atoms with van der Waals surface area (Å²) in [6.45, 7) is 0.0597. The van der Waals surface area contributed by atoms with E-state index in [1.54, 1.807) is 6.26 Å². The average Bonchev–Trinajstić information content (AvgIpc) is 2.99. The molecule has 1 amide bonds. The van der Waals surface area contributed by atoms with Crippen LogP contribution in [0.4, 0.5) is 5.69 Å². The van der Waals surface area contributed by atoms with Crippen LogP contribution in [0.3, 0.4) is 0 Å². The monoisotopic (exact) mass is 286 g/mol. The van der Waals surface area contributed by atoms with Crippen LogP contribution in [-0.4, -0.2) is 18.2 Å². The molecule has 0 saturated carbocycles. The van der Waals surface area contributed by atoms with Crippen LogP contribution in [0.1, 0.15) is 5.76 Å². The molecule has 0 atom stereocenters. The maximum absolute atomic E-state index is 12.2. The lowest BCUT2D eigenvalue weighted by Crippen LogP contribution is -2.32. The standard InChI is InChI=1S/C15H14N2O2S/c16-8-9-17(13-5-2-1-3-6-13)15(18)12-20-11-14-7-4-10-19-14/h1-7,10H,9,11-12H2. The first-order valence-corrected chi connectivity index (χ1v) is 7.29. The van der Waals surface area contributed by atoms with Gasteiger partial charge >= 0.3 is 0 Å². The summed E-state index contributed by atoms with van der Waals surface area (Å²) in [5, 5.41) is 8.86. The minimum atomic E-state index is -0.0747. The molecule has 2 aromatic rings. The van der Waals surface area contributed by atoms with E-state index in [4.69, 9.17) is 9.68 Å². The zero-order valence-corrected chi connectivity index (χ0v) is 11.7. The Kier molecular flexibility index (Phi) is 5.27. The molecule has 2 rings (SSSR count). The minimum Gasteiger partial charge on any atom is -0.468 e. The normalized spacial score (nSPS) is 9.95. The highest BCUT2D eigenvalue weighted by molar-refractivity contribution is 7.99. The summed E-state index contributed by atoms with van der Waals surface area (Å²) < 4.78 is 5.21. The molecule has 1 heterocycles. The predicted molar refractivity (Wildman–Crippen MR) is 79.3 cm³/mol. The van der Waals surface area contributed by atoms with Gasteiger partial charge in [-0.2, -0.15) is 5.26 Å². The summed E-state index contributed by atoms with van der Waals surface area (Å²) in [4.78, 5) is 13.7. The van der Waals surface area contributed by atoms with Gasteiger partial charge in [-0.15, -0.1) is 11.8 Å². The van der Waals surface area contributed by atoms with Crippen LogP contribution in [0.5, 0.6) is 0 Å². The fourth-order valence-corrected chi connectivity index (χ4v) is 2.51. The highest BCUT2D eigenvalue weighted by Gasteiger charge is 2.15. The quantitative estimate of drug-likeness (QED) is 0.766. The second-order valence-corrected chi connectivity index (χ2v) is 5.03. The average molecular weight is 286 g/mol. The molecule has 4 nitrogen and oxygen atoms in total. The Morgan fingerprint density at radius 1 is 1.25 bits per heavy atom. The van der Waals surface area contributed by atoms with E-state index in [0.29, 0.717) is 11.5 Å². The third-order valence-corrected chi connectivity index (χ3v) is 3.59. The molecule has 0 unspecified atom stereocenters. The van der Waals surface area contributed by atoms with Gasteiger partial charge in [-0.3, -0.25) is 9.69 Å². The summed E-state index contributed by atoms with van der Waals surface area (Å²) in [5.41, 5.74) is 0.748. The molecular formula is C15H14N2O2S. The van der Waals surface area contributed by atoms with Crippen molar-refractivity contribution < 1.29 is 9.21 Å². The number of furan rings is 1. The number of benzene rings is 1. The molecule has 0 fully saturated rings. The topological polar surface area (TPSA) is 57.2 Å². The third kappa shape index (κ3) is 3.90. The lowest BCUT2D eigenvalue weighted by molar-refractivity contribution is -0.116. The maximum Gasteiger partial charge on any atom is 0.237 e. The van der Waals surface area contributed by atoms with E-state index < -0.39 is 0 Å². The molecule has 0 bridgehead atoms. The van der Waals surface area contributed by atoms with E-state index in [1.807, 2.05) is 48.5 Å². The van der Waals surface area contributed by atoms with Gasteiger partial charge < -0.3 is 4.42 Å². The Morgan fingerprint density at radius 2 is 2.05 bits per heavy atom. The number of nitrogens with zero attached hydrogens (tertiary/aromatic N) is 2.